The summed E-state index contributed by atoms with van der Waals surface area (Å²) in [5, 5.41) is 9.94. The van der Waals surface area contributed by atoms with Gasteiger partial charge in [-0.3, -0.25) is 0 Å². The normalized spacial score (nSPS) is 14.5. The van der Waals surface area contributed by atoms with Crippen molar-refractivity contribution in [1.82, 2.24) is 5.32 Å². The van der Waals surface area contributed by atoms with Crippen molar-refractivity contribution in [2.24, 2.45) is 0 Å². The van der Waals surface area contributed by atoms with Crippen LogP contribution < -0.4 is 5.32 Å². The van der Waals surface area contributed by atoms with E-state index in [0.29, 0.717) is 0 Å². The summed E-state index contributed by atoms with van der Waals surface area (Å²) in [6.07, 6.45) is -8.77. The number of rotatable bonds is 14. The quantitative estimate of drug-likeness (QED) is 0.152. The molecule has 0 aromatic rings. The Bertz CT molecular complexity index is 858. The number of ether oxygens (including phenoxy) is 1. The van der Waals surface area contributed by atoms with Gasteiger partial charge in [0.25, 0.3) is 0 Å². The van der Waals surface area contributed by atoms with Crippen LogP contribution in [0.1, 0.15) is 12.8 Å². The van der Waals surface area contributed by atoms with E-state index in [1.807, 2.05) is 0 Å². The lowest BCUT2D eigenvalue weighted by atomic mass is 9.89. The number of carbonyl (C=O) groups excluding carboxylic acids is 1. The van der Waals surface area contributed by atoms with E-state index in [2.05, 4.69) is 11.3 Å². The fourth-order valence-corrected chi connectivity index (χ4v) is 2.06. The van der Waals surface area contributed by atoms with Crippen molar-refractivity contribution in [1.29, 1.82) is 0 Å². The highest BCUT2D eigenvalue weighted by Crippen LogP contribution is 2.62. The van der Waals surface area contributed by atoms with Crippen LogP contribution in [0.2, 0.25) is 0 Å². The number of halogens is 16. The van der Waals surface area contributed by atoms with Crippen LogP contribution in [-0.4, -0.2) is 78.2 Å². The Morgan fingerprint density at radius 1 is 0.757 bits per heavy atom. The molecule has 2 N–H and O–H groups in total. The number of carboxylic acid groups (broad SMARTS) is 1. The number of aliphatic carboxylic acids is 1. The number of alkyl halides is 16. The SMILES string of the molecule is C=C(CCCNC(=O)OCC(F)(F)C(F)(F)C(F)(F)C(F)(F)C(F)(F)C(F)(F)C(F)(F)C(F)F)C(=O)O. The van der Waals surface area contributed by atoms with Gasteiger partial charge >= 0.3 is 59.9 Å². The Hall–Kier alpha value is -2.64. The summed E-state index contributed by atoms with van der Waals surface area (Å²) < 4.78 is 214. The van der Waals surface area contributed by atoms with Crippen molar-refractivity contribution in [2.75, 3.05) is 13.2 Å². The van der Waals surface area contributed by atoms with Gasteiger partial charge in [0.15, 0.2) is 6.61 Å². The van der Waals surface area contributed by atoms with Gasteiger partial charge in [-0.05, 0) is 12.8 Å². The highest BCUT2D eigenvalue weighted by molar-refractivity contribution is 5.85. The van der Waals surface area contributed by atoms with Gasteiger partial charge in [0, 0.05) is 12.1 Å². The second-order valence-corrected chi connectivity index (χ2v) is 7.02. The Balaban J connectivity index is 5.80. The number of carboxylic acids is 1. The maximum absolute atomic E-state index is 13.6. The van der Waals surface area contributed by atoms with Gasteiger partial charge in [-0.15, -0.1) is 0 Å². The number of hydrogen-bond donors (Lipinski definition) is 2. The highest BCUT2D eigenvalue weighted by Gasteiger charge is 2.93. The number of nitrogens with one attached hydrogen (secondary N) is 1. The average molecular weight is 587 g/mol. The molecular weight excluding hydrogens is 574 g/mol. The standard InChI is InChI=1S/C16H13F16NO4/c1-6(7(34)35)3-2-4-33-9(36)37-5-10(19,20)12(23,24)14(27,28)16(31,32)15(29,30)13(25,26)11(21,22)8(17)18/h8H,1-5H2,(H,33,36)(H,34,35). The summed E-state index contributed by atoms with van der Waals surface area (Å²) in [5.41, 5.74) is -0.432. The van der Waals surface area contributed by atoms with E-state index in [1.54, 1.807) is 0 Å². The van der Waals surface area contributed by atoms with Gasteiger partial charge in [0.1, 0.15) is 0 Å². The van der Waals surface area contributed by atoms with Crippen LogP contribution in [-0.2, 0) is 9.53 Å². The first-order valence-corrected chi connectivity index (χ1v) is 8.91. The Kier molecular flexibility index (Phi) is 9.86. The summed E-state index contributed by atoms with van der Waals surface area (Å²) in [7, 11) is 0. The lowest BCUT2D eigenvalue weighted by Gasteiger charge is -2.42. The van der Waals surface area contributed by atoms with Crippen LogP contribution in [0.25, 0.3) is 0 Å². The van der Waals surface area contributed by atoms with Crippen molar-refractivity contribution in [3.05, 3.63) is 12.2 Å². The second-order valence-electron chi connectivity index (χ2n) is 7.02. The molecule has 0 atom stereocenters. The predicted octanol–water partition coefficient (Wildman–Crippen LogP) is 5.85. The molecule has 0 bridgehead atoms. The third-order valence-electron chi connectivity index (χ3n) is 4.34. The molecule has 0 aromatic carbocycles. The van der Waals surface area contributed by atoms with E-state index in [-0.39, 0.29) is 12.8 Å². The van der Waals surface area contributed by atoms with Crippen LogP contribution in [0.5, 0.6) is 0 Å². The fraction of sp³-hybridized carbons (Fsp3) is 0.750. The molecule has 0 heterocycles. The predicted molar refractivity (Wildman–Crippen MR) is 86.0 cm³/mol. The molecule has 5 nitrogen and oxygen atoms in total. The molecule has 0 radical (unpaired) electrons. The summed E-state index contributed by atoms with van der Waals surface area (Å²) in [6, 6.07) is 0. The molecule has 0 saturated carbocycles. The molecule has 218 valence electrons. The number of carbonyl (C=O) groups is 2. The van der Waals surface area contributed by atoms with E-state index >= 15 is 0 Å². The topological polar surface area (TPSA) is 75.6 Å². The third-order valence-corrected chi connectivity index (χ3v) is 4.34. The zero-order valence-corrected chi connectivity index (χ0v) is 17.3. The van der Waals surface area contributed by atoms with Crippen LogP contribution in [0, 0.1) is 0 Å². The van der Waals surface area contributed by atoms with E-state index < -0.39 is 78.7 Å². The highest BCUT2D eigenvalue weighted by atomic mass is 19.4. The van der Waals surface area contributed by atoms with Crippen molar-refractivity contribution in [3.8, 4) is 0 Å². The van der Waals surface area contributed by atoms with Crippen LogP contribution in [0.4, 0.5) is 75.0 Å². The average Bonchev–Trinajstić information content (AvgIpc) is 2.73. The molecule has 0 saturated heterocycles. The zero-order valence-electron chi connectivity index (χ0n) is 17.3. The number of alkyl carbamates (subject to hydrolysis) is 1. The molecule has 1 amide bonds. The summed E-state index contributed by atoms with van der Waals surface area (Å²) in [6.45, 7) is -0.950. The van der Waals surface area contributed by atoms with Gasteiger partial charge in [-0.25, -0.2) is 18.4 Å². The van der Waals surface area contributed by atoms with Crippen molar-refractivity contribution in [2.45, 2.75) is 60.7 Å². The molecule has 0 aliphatic heterocycles. The van der Waals surface area contributed by atoms with Crippen LogP contribution in [0.15, 0.2) is 12.2 Å². The molecule has 0 aliphatic carbocycles. The first-order valence-electron chi connectivity index (χ1n) is 8.91. The monoisotopic (exact) mass is 587 g/mol. The third kappa shape index (κ3) is 5.93. The summed E-state index contributed by atoms with van der Waals surface area (Å²) >= 11 is 0. The lowest BCUT2D eigenvalue weighted by Crippen LogP contribution is -2.74. The molecule has 0 unspecified atom stereocenters. The molecule has 0 fully saturated rings. The minimum absolute atomic E-state index is 0.316. The van der Waals surface area contributed by atoms with Gasteiger partial charge < -0.3 is 15.2 Å². The van der Waals surface area contributed by atoms with Gasteiger partial charge in [-0.2, -0.15) is 61.5 Å². The largest absolute Gasteiger partial charge is 0.478 e. The summed E-state index contributed by atoms with van der Waals surface area (Å²) in [4.78, 5) is 21.6. The Morgan fingerprint density at radius 2 is 1.16 bits per heavy atom. The number of amides is 1. The summed E-state index contributed by atoms with van der Waals surface area (Å²) in [5.74, 6) is -57.2. The zero-order chi connectivity index (χ0) is 30.1. The van der Waals surface area contributed by atoms with E-state index in [1.165, 1.54) is 5.32 Å². The van der Waals surface area contributed by atoms with E-state index in [4.69, 9.17) is 5.11 Å². The number of hydrogen-bond acceptors (Lipinski definition) is 3. The van der Waals surface area contributed by atoms with Crippen molar-refractivity contribution >= 4 is 12.1 Å². The minimum Gasteiger partial charge on any atom is -0.478 e. The molecular formula is C16H13F16NO4. The lowest BCUT2D eigenvalue weighted by molar-refractivity contribution is -0.447. The molecule has 0 aromatic heterocycles. The molecule has 0 rings (SSSR count). The fourth-order valence-electron chi connectivity index (χ4n) is 2.06. The smallest absolute Gasteiger partial charge is 0.407 e. The van der Waals surface area contributed by atoms with Crippen molar-refractivity contribution in [3.63, 3.8) is 0 Å². The maximum Gasteiger partial charge on any atom is 0.407 e. The van der Waals surface area contributed by atoms with Gasteiger partial charge in [0.05, 0.1) is 0 Å². The first kappa shape index (κ1) is 34.4. The van der Waals surface area contributed by atoms with E-state index in [0.717, 1.165) is 0 Å². The maximum atomic E-state index is 13.6. The molecule has 0 spiro atoms. The van der Waals surface area contributed by atoms with Crippen LogP contribution >= 0.6 is 0 Å². The Labute approximate surface area is 194 Å². The first-order chi connectivity index (χ1) is 16.2. The Morgan fingerprint density at radius 3 is 1.57 bits per heavy atom. The minimum atomic E-state index is -8.54. The molecule has 37 heavy (non-hydrogen) atoms. The molecule has 0 aliphatic rings. The van der Waals surface area contributed by atoms with E-state index in [9.17, 15) is 79.8 Å². The van der Waals surface area contributed by atoms with Crippen molar-refractivity contribution < 1.29 is 89.7 Å². The second kappa shape index (κ2) is 10.6. The van der Waals surface area contributed by atoms with Gasteiger partial charge in [-0.1, -0.05) is 6.58 Å². The molecule has 21 heteroatoms. The van der Waals surface area contributed by atoms with Gasteiger partial charge in [0.2, 0.25) is 0 Å². The van der Waals surface area contributed by atoms with Crippen LogP contribution in [0.3, 0.4) is 0 Å².